The first kappa shape index (κ1) is 12.6. The molecule has 3 aromatic rings. The Hall–Kier alpha value is -1.40. The van der Waals surface area contributed by atoms with E-state index in [0.717, 1.165) is 22.7 Å². The average molecular weight is 337 g/mol. The smallest absolute Gasteiger partial charge is 0.195 e. The summed E-state index contributed by atoms with van der Waals surface area (Å²) in [6.07, 6.45) is 5.70. The number of halogens is 1. The highest BCUT2D eigenvalue weighted by atomic mass is 79.9. The number of fused-ring (bicyclic) bond motifs is 1. The van der Waals surface area contributed by atoms with Crippen LogP contribution in [0.25, 0.3) is 4.96 Å². The maximum absolute atomic E-state index is 4.70. The van der Waals surface area contributed by atoms with Crippen LogP contribution in [-0.4, -0.2) is 21.4 Å². The number of rotatable bonds is 4. The Balaban J connectivity index is 1.92. The number of imidazole rings is 1. The Morgan fingerprint density at radius 2 is 2.16 bits per heavy atom. The number of aromatic nitrogens is 3. The monoisotopic (exact) mass is 336 g/mol. The maximum atomic E-state index is 4.70. The second kappa shape index (κ2) is 5.30. The van der Waals surface area contributed by atoms with Crippen LogP contribution in [0.4, 0.5) is 5.82 Å². The van der Waals surface area contributed by atoms with Gasteiger partial charge in [-0.3, -0.25) is 9.38 Å². The molecule has 0 radical (unpaired) electrons. The Labute approximate surface area is 123 Å². The molecule has 3 rings (SSSR count). The van der Waals surface area contributed by atoms with Crippen LogP contribution in [0.1, 0.15) is 11.3 Å². The van der Waals surface area contributed by atoms with Crippen molar-refractivity contribution in [3.63, 3.8) is 0 Å². The van der Waals surface area contributed by atoms with Crippen LogP contribution < -0.4 is 4.90 Å². The SMILES string of the molecule is CN(Cc1ccncc1)c1nc2sccn2c1CBr. The van der Waals surface area contributed by atoms with Crippen LogP contribution in [0.15, 0.2) is 36.1 Å². The van der Waals surface area contributed by atoms with Crippen molar-refractivity contribution in [1.29, 1.82) is 0 Å². The van der Waals surface area contributed by atoms with Gasteiger partial charge in [-0.2, -0.15) is 0 Å². The lowest BCUT2D eigenvalue weighted by Crippen LogP contribution is -2.18. The molecule has 0 unspecified atom stereocenters. The van der Waals surface area contributed by atoms with Crippen molar-refractivity contribution < 1.29 is 0 Å². The molecule has 4 nitrogen and oxygen atoms in total. The summed E-state index contributed by atoms with van der Waals surface area (Å²) >= 11 is 5.21. The van der Waals surface area contributed by atoms with Crippen molar-refractivity contribution in [2.75, 3.05) is 11.9 Å². The van der Waals surface area contributed by atoms with Gasteiger partial charge in [0.05, 0.1) is 5.69 Å². The molecule has 0 aromatic carbocycles. The van der Waals surface area contributed by atoms with Crippen LogP contribution in [-0.2, 0) is 11.9 Å². The van der Waals surface area contributed by atoms with Crippen molar-refractivity contribution in [3.05, 3.63) is 47.4 Å². The molecule has 3 aromatic heterocycles. The van der Waals surface area contributed by atoms with E-state index in [1.165, 1.54) is 11.3 Å². The summed E-state index contributed by atoms with van der Waals surface area (Å²) in [5, 5.41) is 2.85. The summed E-state index contributed by atoms with van der Waals surface area (Å²) in [5.41, 5.74) is 2.42. The molecular formula is C13H13BrN4S. The van der Waals surface area contributed by atoms with Gasteiger partial charge in [0.25, 0.3) is 0 Å². The zero-order valence-corrected chi connectivity index (χ0v) is 12.9. The molecule has 6 heteroatoms. The summed E-state index contributed by atoms with van der Waals surface area (Å²) < 4.78 is 2.14. The molecule has 0 aliphatic rings. The number of nitrogens with zero attached hydrogens (tertiary/aromatic N) is 4. The minimum atomic E-state index is 0.793. The first-order chi connectivity index (χ1) is 9.29. The van der Waals surface area contributed by atoms with Crippen molar-refractivity contribution in [2.45, 2.75) is 11.9 Å². The number of alkyl halides is 1. The van der Waals surface area contributed by atoms with Gasteiger partial charge >= 0.3 is 0 Å². The summed E-state index contributed by atoms with van der Waals surface area (Å²) in [6.45, 7) is 0.827. The molecule has 0 saturated carbocycles. The predicted octanol–water partition coefficient (Wildman–Crippen LogP) is 3.32. The molecule has 0 aliphatic carbocycles. The molecule has 0 aliphatic heterocycles. The Bertz CT molecular complexity index is 676. The lowest BCUT2D eigenvalue weighted by Gasteiger charge is -2.17. The highest BCUT2D eigenvalue weighted by Gasteiger charge is 2.15. The third-order valence-electron chi connectivity index (χ3n) is 3.00. The van der Waals surface area contributed by atoms with Crippen LogP contribution in [0, 0.1) is 0 Å². The van der Waals surface area contributed by atoms with E-state index in [0.29, 0.717) is 0 Å². The van der Waals surface area contributed by atoms with Gasteiger partial charge in [0, 0.05) is 42.9 Å². The van der Waals surface area contributed by atoms with Gasteiger partial charge in [-0.15, -0.1) is 11.3 Å². The van der Waals surface area contributed by atoms with Crippen LogP contribution in [0.2, 0.25) is 0 Å². The van der Waals surface area contributed by atoms with Gasteiger partial charge in [-0.1, -0.05) is 15.9 Å². The quantitative estimate of drug-likeness (QED) is 0.685. The fraction of sp³-hybridized carbons (Fsp3) is 0.231. The normalized spacial score (nSPS) is 11.1. The zero-order chi connectivity index (χ0) is 13.2. The summed E-state index contributed by atoms with van der Waals surface area (Å²) in [4.78, 5) is 11.9. The predicted molar refractivity (Wildman–Crippen MR) is 82.0 cm³/mol. The number of hydrogen-bond acceptors (Lipinski definition) is 4. The minimum Gasteiger partial charge on any atom is -0.354 e. The van der Waals surface area contributed by atoms with Gasteiger partial charge < -0.3 is 4.90 Å². The topological polar surface area (TPSA) is 33.4 Å². The molecule has 0 N–H and O–H groups in total. The molecular weight excluding hydrogens is 324 g/mol. The Kier molecular flexibility index (Phi) is 3.52. The van der Waals surface area contributed by atoms with Gasteiger partial charge in [0.15, 0.2) is 10.8 Å². The second-order valence-electron chi connectivity index (χ2n) is 4.28. The van der Waals surface area contributed by atoms with Crippen LogP contribution >= 0.6 is 27.3 Å². The number of thiazole rings is 1. The van der Waals surface area contributed by atoms with E-state index in [1.807, 2.05) is 24.5 Å². The lowest BCUT2D eigenvalue weighted by atomic mass is 10.2. The average Bonchev–Trinajstić information content (AvgIpc) is 2.99. The van der Waals surface area contributed by atoms with Gasteiger partial charge in [-0.05, 0) is 17.7 Å². The Morgan fingerprint density at radius 1 is 1.37 bits per heavy atom. The third kappa shape index (κ3) is 2.37. The molecule has 19 heavy (non-hydrogen) atoms. The molecule has 0 fully saturated rings. The van der Waals surface area contributed by atoms with E-state index in [9.17, 15) is 0 Å². The molecule has 0 spiro atoms. The number of hydrogen-bond donors (Lipinski definition) is 0. The fourth-order valence-corrected chi connectivity index (χ4v) is 3.34. The summed E-state index contributed by atoms with van der Waals surface area (Å²) in [5.74, 6) is 1.03. The lowest BCUT2D eigenvalue weighted by molar-refractivity contribution is 0.893. The summed E-state index contributed by atoms with van der Waals surface area (Å²) in [7, 11) is 2.07. The van der Waals surface area contributed by atoms with E-state index in [-0.39, 0.29) is 0 Å². The van der Waals surface area contributed by atoms with Crippen molar-refractivity contribution in [2.24, 2.45) is 0 Å². The zero-order valence-electron chi connectivity index (χ0n) is 10.5. The summed E-state index contributed by atoms with van der Waals surface area (Å²) in [6, 6.07) is 4.06. The van der Waals surface area contributed by atoms with Gasteiger partial charge in [0.2, 0.25) is 0 Å². The highest BCUT2D eigenvalue weighted by molar-refractivity contribution is 9.08. The Morgan fingerprint density at radius 3 is 2.89 bits per heavy atom. The molecule has 98 valence electrons. The largest absolute Gasteiger partial charge is 0.354 e. The first-order valence-electron chi connectivity index (χ1n) is 5.90. The second-order valence-corrected chi connectivity index (χ2v) is 5.72. The molecule has 0 saturated heterocycles. The molecule has 0 bridgehead atoms. The van der Waals surface area contributed by atoms with Gasteiger partial charge in [0.1, 0.15) is 0 Å². The van der Waals surface area contributed by atoms with E-state index < -0.39 is 0 Å². The van der Waals surface area contributed by atoms with E-state index in [1.54, 1.807) is 11.3 Å². The molecule has 0 atom stereocenters. The highest BCUT2D eigenvalue weighted by Crippen LogP contribution is 2.26. The van der Waals surface area contributed by atoms with Crippen LogP contribution in [0.3, 0.4) is 0 Å². The number of anilines is 1. The first-order valence-corrected chi connectivity index (χ1v) is 7.90. The molecule has 3 heterocycles. The van der Waals surface area contributed by atoms with Crippen LogP contribution in [0.5, 0.6) is 0 Å². The maximum Gasteiger partial charge on any atom is 0.195 e. The van der Waals surface area contributed by atoms with E-state index >= 15 is 0 Å². The standard InChI is InChI=1S/C13H13BrN4S/c1-17(9-10-2-4-15-5-3-10)12-11(8-14)18-6-7-19-13(18)16-12/h2-7H,8-9H2,1H3. The van der Waals surface area contributed by atoms with Crippen molar-refractivity contribution >= 4 is 38.0 Å². The van der Waals surface area contributed by atoms with Crippen molar-refractivity contribution in [3.8, 4) is 0 Å². The fourth-order valence-electron chi connectivity index (χ4n) is 2.09. The molecule has 0 amide bonds. The van der Waals surface area contributed by atoms with Gasteiger partial charge in [-0.25, -0.2) is 4.98 Å². The van der Waals surface area contributed by atoms with E-state index in [4.69, 9.17) is 4.98 Å². The third-order valence-corrected chi connectivity index (χ3v) is 4.28. The van der Waals surface area contributed by atoms with Crippen molar-refractivity contribution in [1.82, 2.24) is 14.4 Å². The number of pyridine rings is 1. The minimum absolute atomic E-state index is 0.793. The van der Waals surface area contributed by atoms with E-state index in [2.05, 4.69) is 48.8 Å².